The van der Waals surface area contributed by atoms with E-state index >= 15 is 0 Å². The van der Waals surface area contributed by atoms with E-state index in [9.17, 15) is 9.59 Å². The lowest BCUT2D eigenvalue weighted by Gasteiger charge is -2.03. The van der Waals surface area contributed by atoms with Gasteiger partial charge in [0.1, 0.15) is 0 Å². The Morgan fingerprint density at radius 3 is 2.46 bits per heavy atom. The first-order chi connectivity index (χ1) is 12.6. The van der Waals surface area contributed by atoms with E-state index in [0.29, 0.717) is 15.0 Å². The van der Waals surface area contributed by atoms with Crippen LogP contribution in [0, 0.1) is 6.92 Å². The summed E-state index contributed by atoms with van der Waals surface area (Å²) < 4.78 is 0.618. The van der Waals surface area contributed by atoms with Crippen LogP contribution in [0.3, 0.4) is 0 Å². The van der Waals surface area contributed by atoms with Gasteiger partial charge in [-0.05, 0) is 31.2 Å². The lowest BCUT2D eigenvalue weighted by molar-refractivity contribution is -0.113. The lowest BCUT2D eigenvalue weighted by atomic mass is 10.1. The quantitative estimate of drug-likeness (QED) is 0.498. The molecule has 0 bridgehead atoms. The van der Waals surface area contributed by atoms with Crippen molar-refractivity contribution in [1.82, 2.24) is 10.2 Å². The largest absolute Gasteiger partial charge is 0.325 e. The summed E-state index contributed by atoms with van der Waals surface area (Å²) in [5.74, 6) is -0.142. The maximum absolute atomic E-state index is 12.2. The molecular formula is C18H16N4O2S2. The molecule has 8 heteroatoms. The van der Waals surface area contributed by atoms with Crippen molar-refractivity contribution in [3.63, 3.8) is 0 Å². The van der Waals surface area contributed by atoms with Crippen molar-refractivity contribution in [2.24, 2.45) is 0 Å². The van der Waals surface area contributed by atoms with Crippen LogP contribution in [0.15, 0.2) is 58.9 Å². The molecule has 1 heterocycles. The topological polar surface area (TPSA) is 84.0 Å². The van der Waals surface area contributed by atoms with Gasteiger partial charge in [0.25, 0.3) is 5.91 Å². The van der Waals surface area contributed by atoms with Gasteiger partial charge in [-0.1, -0.05) is 59.0 Å². The average Bonchev–Trinajstić information content (AvgIpc) is 3.09. The fourth-order valence-electron chi connectivity index (χ4n) is 2.04. The second kappa shape index (κ2) is 8.59. The fraction of sp³-hybridized carbons (Fsp3) is 0.111. The number of carbonyl (C=O) groups is 2. The third kappa shape index (κ3) is 5.14. The predicted octanol–water partition coefficient (Wildman–Crippen LogP) is 3.83. The van der Waals surface area contributed by atoms with Gasteiger partial charge in [-0.2, -0.15) is 0 Å². The second-order valence-electron chi connectivity index (χ2n) is 5.40. The van der Waals surface area contributed by atoms with Crippen molar-refractivity contribution < 1.29 is 9.59 Å². The summed E-state index contributed by atoms with van der Waals surface area (Å²) in [6, 6.07) is 16.5. The Kier molecular flexibility index (Phi) is 5.98. The molecule has 26 heavy (non-hydrogen) atoms. The highest BCUT2D eigenvalue weighted by Crippen LogP contribution is 2.26. The summed E-state index contributed by atoms with van der Waals surface area (Å²) >= 11 is 2.51. The Labute approximate surface area is 159 Å². The van der Waals surface area contributed by atoms with Crippen LogP contribution >= 0.6 is 23.1 Å². The molecule has 0 unspecified atom stereocenters. The highest BCUT2D eigenvalue weighted by atomic mass is 32.2. The van der Waals surface area contributed by atoms with Crippen molar-refractivity contribution in [2.75, 3.05) is 16.4 Å². The molecule has 2 aromatic carbocycles. The van der Waals surface area contributed by atoms with Gasteiger partial charge in [-0.15, -0.1) is 10.2 Å². The highest BCUT2D eigenvalue weighted by Gasteiger charge is 2.12. The van der Waals surface area contributed by atoms with E-state index in [-0.39, 0.29) is 17.6 Å². The zero-order chi connectivity index (χ0) is 18.4. The minimum Gasteiger partial charge on any atom is -0.325 e. The Hall–Kier alpha value is -2.71. The number of carbonyl (C=O) groups excluding carboxylic acids is 2. The number of aromatic nitrogens is 2. The number of anilines is 2. The molecule has 0 atom stereocenters. The summed E-state index contributed by atoms with van der Waals surface area (Å²) in [6.07, 6.45) is 0. The third-order valence-electron chi connectivity index (χ3n) is 3.32. The third-order valence-corrected chi connectivity index (χ3v) is 5.30. The van der Waals surface area contributed by atoms with Crippen LogP contribution in [-0.2, 0) is 4.79 Å². The van der Waals surface area contributed by atoms with E-state index in [1.54, 1.807) is 12.1 Å². The fourth-order valence-corrected chi connectivity index (χ4v) is 3.59. The Morgan fingerprint density at radius 1 is 1.00 bits per heavy atom. The van der Waals surface area contributed by atoms with Crippen LogP contribution in [0.2, 0.25) is 0 Å². The molecule has 2 amide bonds. The number of para-hydroxylation sites is 1. The van der Waals surface area contributed by atoms with Gasteiger partial charge in [0, 0.05) is 11.3 Å². The lowest BCUT2D eigenvalue weighted by Crippen LogP contribution is -2.13. The first kappa shape index (κ1) is 18.1. The maximum atomic E-state index is 12.2. The molecule has 0 aliphatic heterocycles. The number of thioether (sulfide) groups is 1. The molecule has 132 valence electrons. The monoisotopic (exact) mass is 384 g/mol. The van der Waals surface area contributed by atoms with E-state index in [1.165, 1.54) is 23.1 Å². The molecule has 6 nitrogen and oxygen atoms in total. The Morgan fingerprint density at radius 2 is 1.73 bits per heavy atom. The van der Waals surface area contributed by atoms with Crippen LogP contribution in [0.5, 0.6) is 0 Å². The molecule has 3 aromatic rings. The molecule has 2 N–H and O–H groups in total. The number of nitrogens with zero attached hydrogens (tertiary/aromatic N) is 2. The van der Waals surface area contributed by atoms with E-state index in [4.69, 9.17) is 0 Å². The van der Waals surface area contributed by atoms with Crippen LogP contribution in [-0.4, -0.2) is 27.8 Å². The van der Waals surface area contributed by atoms with Gasteiger partial charge < -0.3 is 5.32 Å². The molecular weight excluding hydrogens is 368 g/mol. The summed E-state index contributed by atoms with van der Waals surface area (Å²) in [7, 11) is 0. The van der Waals surface area contributed by atoms with Crippen molar-refractivity contribution in [3.05, 3.63) is 65.7 Å². The summed E-state index contributed by atoms with van der Waals surface area (Å²) in [6.45, 7) is 1.96. The number of hydrogen-bond donors (Lipinski definition) is 2. The smallest absolute Gasteiger partial charge is 0.257 e. The molecule has 0 spiro atoms. The standard InChI is InChI=1S/C18H16N4O2S2/c1-12-7-9-13(10-8-12)16(24)20-17-21-22-18(26-17)25-11-15(23)19-14-5-3-2-4-6-14/h2-10H,11H2,1H3,(H,19,23)(H,20,21,24). The zero-order valence-electron chi connectivity index (χ0n) is 13.9. The second-order valence-corrected chi connectivity index (χ2v) is 7.60. The molecule has 0 aliphatic carbocycles. The van der Waals surface area contributed by atoms with Gasteiger partial charge >= 0.3 is 0 Å². The SMILES string of the molecule is Cc1ccc(C(=O)Nc2nnc(SCC(=O)Nc3ccccc3)s2)cc1. The molecule has 0 aliphatic rings. The van der Waals surface area contributed by atoms with Crippen LogP contribution in [0.4, 0.5) is 10.8 Å². The summed E-state index contributed by atoms with van der Waals surface area (Å²) in [4.78, 5) is 24.1. The van der Waals surface area contributed by atoms with Crippen LogP contribution in [0.25, 0.3) is 0 Å². The van der Waals surface area contributed by atoms with Crippen molar-refractivity contribution in [2.45, 2.75) is 11.3 Å². The number of nitrogens with one attached hydrogen (secondary N) is 2. The van der Waals surface area contributed by atoms with Gasteiger partial charge in [-0.25, -0.2) is 0 Å². The van der Waals surface area contributed by atoms with Crippen molar-refractivity contribution >= 4 is 45.7 Å². The number of rotatable bonds is 6. The van der Waals surface area contributed by atoms with Crippen molar-refractivity contribution in [3.8, 4) is 0 Å². The predicted molar refractivity (Wildman–Crippen MR) is 105 cm³/mol. The molecule has 0 fully saturated rings. The van der Waals surface area contributed by atoms with E-state index in [2.05, 4.69) is 20.8 Å². The number of amides is 2. The molecule has 1 aromatic heterocycles. The maximum Gasteiger partial charge on any atom is 0.257 e. The van der Waals surface area contributed by atoms with Crippen molar-refractivity contribution in [1.29, 1.82) is 0 Å². The van der Waals surface area contributed by atoms with Crippen LogP contribution < -0.4 is 10.6 Å². The minimum absolute atomic E-state index is 0.123. The average molecular weight is 384 g/mol. The van der Waals surface area contributed by atoms with Crippen LogP contribution in [0.1, 0.15) is 15.9 Å². The Bertz CT molecular complexity index is 895. The summed E-state index contributed by atoms with van der Waals surface area (Å²) in [5, 5.41) is 13.9. The molecule has 0 saturated heterocycles. The van der Waals surface area contributed by atoms with Gasteiger partial charge in [0.2, 0.25) is 11.0 Å². The number of aryl methyl sites for hydroxylation is 1. The highest BCUT2D eigenvalue weighted by molar-refractivity contribution is 8.01. The number of benzene rings is 2. The van der Waals surface area contributed by atoms with Gasteiger partial charge in [-0.3, -0.25) is 14.9 Å². The minimum atomic E-state index is -0.237. The van der Waals surface area contributed by atoms with E-state index < -0.39 is 0 Å². The van der Waals surface area contributed by atoms with E-state index in [0.717, 1.165) is 11.3 Å². The number of hydrogen-bond acceptors (Lipinski definition) is 6. The van der Waals surface area contributed by atoms with Gasteiger partial charge in [0.15, 0.2) is 4.34 Å². The first-order valence-electron chi connectivity index (χ1n) is 7.79. The van der Waals surface area contributed by atoms with E-state index in [1.807, 2.05) is 49.4 Å². The Balaban J connectivity index is 1.50. The molecule has 3 rings (SSSR count). The normalized spacial score (nSPS) is 10.3. The molecule has 0 radical (unpaired) electrons. The zero-order valence-corrected chi connectivity index (χ0v) is 15.6. The summed E-state index contributed by atoms with van der Waals surface area (Å²) in [5.41, 5.74) is 2.40. The van der Waals surface area contributed by atoms with Gasteiger partial charge in [0.05, 0.1) is 5.75 Å². The molecule has 0 saturated carbocycles. The first-order valence-corrected chi connectivity index (χ1v) is 9.59.